The van der Waals surface area contributed by atoms with Gasteiger partial charge in [0.25, 0.3) is 5.91 Å². The number of nitrogens with two attached hydrogens (primary N) is 1. The first-order valence-corrected chi connectivity index (χ1v) is 6.36. The zero-order valence-electron chi connectivity index (χ0n) is 10.1. The summed E-state index contributed by atoms with van der Waals surface area (Å²) in [4.78, 5) is 12.1. The smallest absolute Gasteiger partial charge is 0.254 e. The minimum Gasteiger partial charge on any atom is -0.398 e. The number of anilines is 1. The Bertz CT molecular complexity index is 425. The lowest BCUT2D eigenvalue weighted by molar-refractivity contribution is 0.0653. The van der Waals surface area contributed by atoms with Gasteiger partial charge in [0.05, 0.1) is 24.3 Å². The first-order chi connectivity index (χ1) is 8.48. The maximum Gasteiger partial charge on any atom is 0.254 e. The SMILES string of the molecule is CCC(CO)(CO)NC(=O)c1cc(Br)ccc1N. The summed E-state index contributed by atoms with van der Waals surface area (Å²) in [5.41, 5.74) is 5.36. The van der Waals surface area contributed by atoms with Gasteiger partial charge in [-0.3, -0.25) is 4.79 Å². The molecule has 6 heteroatoms. The number of rotatable bonds is 5. The van der Waals surface area contributed by atoms with Crippen LogP contribution in [0.1, 0.15) is 23.7 Å². The van der Waals surface area contributed by atoms with E-state index in [9.17, 15) is 15.0 Å². The van der Waals surface area contributed by atoms with Crippen molar-refractivity contribution >= 4 is 27.5 Å². The van der Waals surface area contributed by atoms with Crippen molar-refractivity contribution < 1.29 is 15.0 Å². The van der Waals surface area contributed by atoms with Crippen LogP contribution < -0.4 is 11.1 Å². The summed E-state index contributed by atoms with van der Waals surface area (Å²) in [5.74, 6) is -0.418. The number of nitrogens with one attached hydrogen (secondary N) is 1. The summed E-state index contributed by atoms with van der Waals surface area (Å²) < 4.78 is 0.733. The number of amides is 1. The number of carbonyl (C=O) groups is 1. The Balaban J connectivity index is 2.97. The molecule has 1 rings (SSSR count). The van der Waals surface area contributed by atoms with Crippen LogP contribution in [0.25, 0.3) is 0 Å². The molecule has 18 heavy (non-hydrogen) atoms. The molecule has 5 nitrogen and oxygen atoms in total. The minimum atomic E-state index is -1.02. The number of hydrogen-bond donors (Lipinski definition) is 4. The molecule has 0 radical (unpaired) electrons. The van der Waals surface area contributed by atoms with Gasteiger partial charge in [0.2, 0.25) is 0 Å². The van der Waals surface area contributed by atoms with Gasteiger partial charge in [-0.15, -0.1) is 0 Å². The molecule has 0 heterocycles. The second-order valence-corrected chi connectivity index (χ2v) is 5.05. The predicted molar refractivity (Wildman–Crippen MR) is 73.2 cm³/mol. The zero-order valence-corrected chi connectivity index (χ0v) is 11.7. The summed E-state index contributed by atoms with van der Waals surface area (Å²) in [7, 11) is 0. The van der Waals surface area contributed by atoms with E-state index < -0.39 is 11.4 Å². The molecule has 0 saturated carbocycles. The molecule has 0 fully saturated rings. The summed E-state index contributed by atoms with van der Waals surface area (Å²) in [6.07, 6.45) is 0.416. The van der Waals surface area contributed by atoms with Crippen molar-refractivity contribution in [2.24, 2.45) is 0 Å². The van der Waals surface area contributed by atoms with E-state index in [-0.39, 0.29) is 13.2 Å². The van der Waals surface area contributed by atoms with Crippen LogP contribution in [0.3, 0.4) is 0 Å². The zero-order chi connectivity index (χ0) is 13.8. The lowest BCUT2D eigenvalue weighted by Gasteiger charge is -2.29. The van der Waals surface area contributed by atoms with Gasteiger partial charge in [0, 0.05) is 10.2 Å². The van der Waals surface area contributed by atoms with E-state index in [1.165, 1.54) is 0 Å². The normalized spacial score (nSPS) is 11.3. The molecule has 0 aliphatic heterocycles. The molecule has 5 N–H and O–H groups in total. The average molecular weight is 317 g/mol. The average Bonchev–Trinajstić information content (AvgIpc) is 2.38. The topological polar surface area (TPSA) is 95.6 Å². The van der Waals surface area contributed by atoms with Gasteiger partial charge in [0.15, 0.2) is 0 Å². The highest BCUT2D eigenvalue weighted by Crippen LogP contribution is 2.19. The van der Waals surface area contributed by atoms with Crippen LogP contribution in [-0.2, 0) is 0 Å². The molecular weight excluding hydrogens is 300 g/mol. The molecule has 0 bridgehead atoms. The number of halogens is 1. The maximum atomic E-state index is 12.1. The van der Waals surface area contributed by atoms with Gasteiger partial charge in [0.1, 0.15) is 0 Å². The first-order valence-electron chi connectivity index (χ1n) is 5.57. The number of carbonyl (C=O) groups excluding carboxylic acids is 1. The van der Waals surface area contributed by atoms with Gasteiger partial charge in [-0.1, -0.05) is 22.9 Å². The number of benzene rings is 1. The fourth-order valence-corrected chi connectivity index (χ4v) is 1.84. The molecule has 100 valence electrons. The molecular formula is C12H17BrN2O3. The van der Waals surface area contributed by atoms with Gasteiger partial charge < -0.3 is 21.3 Å². The van der Waals surface area contributed by atoms with Gasteiger partial charge in [-0.25, -0.2) is 0 Å². The minimum absolute atomic E-state index is 0.309. The highest BCUT2D eigenvalue weighted by Gasteiger charge is 2.29. The highest BCUT2D eigenvalue weighted by molar-refractivity contribution is 9.10. The van der Waals surface area contributed by atoms with Crippen LogP contribution >= 0.6 is 15.9 Å². The van der Waals surface area contributed by atoms with Crippen molar-refractivity contribution in [1.29, 1.82) is 0 Å². The molecule has 0 atom stereocenters. The number of aliphatic hydroxyl groups is 2. The summed E-state index contributed by atoms with van der Waals surface area (Å²) >= 11 is 3.26. The largest absolute Gasteiger partial charge is 0.398 e. The van der Waals surface area contributed by atoms with E-state index in [0.29, 0.717) is 17.7 Å². The number of nitrogen functional groups attached to an aromatic ring is 1. The Kier molecular flexibility index (Phi) is 5.13. The van der Waals surface area contributed by atoms with E-state index in [1.54, 1.807) is 25.1 Å². The van der Waals surface area contributed by atoms with Crippen LogP contribution in [-0.4, -0.2) is 34.9 Å². The summed E-state index contributed by atoms with van der Waals surface area (Å²) in [6.45, 7) is 1.11. The predicted octanol–water partition coefficient (Wildman–Crippen LogP) is 0.895. The van der Waals surface area contributed by atoms with Crippen molar-refractivity contribution in [2.75, 3.05) is 18.9 Å². The molecule has 1 amide bonds. The molecule has 0 aromatic heterocycles. The van der Waals surface area contributed by atoms with Crippen LogP contribution in [0.15, 0.2) is 22.7 Å². The molecule has 0 aliphatic rings. The van der Waals surface area contributed by atoms with E-state index >= 15 is 0 Å². The lowest BCUT2D eigenvalue weighted by Crippen LogP contribution is -2.53. The quantitative estimate of drug-likeness (QED) is 0.607. The molecule has 1 aromatic rings. The van der Waals surface area contributed by atoms with Gasteiger partial charge in [-0.05, 0) is 24.6 Å². The van der Waals surface area contributed by atoms with Gasteiger partial charge in [-0.2, -0.15) is 0 Å². The van der Waals surface area contributed by atoms with Crippen LogP contribution in [0, 0.1) is 0 Å². The van der Waals surface area contributed by atoms with Crippen molar-refractivity contribution in [3.63, 3.8) is 0 Å². The molecule has 1 aromatic carbocycles. The molecule has 0 spiro atoms. The molecule has 0 unspecified atom stereocenters. The third kappa shape index (κ3) is 3.22. The standard InChI is InChI=1S/C12H17BrN2O3/c1-2-12(6-16,7-17)15-11(18)9-5-8(13)3-4-10(9)14/h3-5,16-17H,2,6-7,14H2,1H3,(H,15,18). The van der Waals surface area contributed by atoms with Crippen molar-refractivity contribution in [2.45, 2.75) is 18.9 Å². The first kappa shape index (κ1) is 14.9. The van der Waals surface area contributed by atoms with Crippen LogP contribution in [0.5, 0.6) is 0 Å². The number of aliphatic hydroxyl groups excluding tert-OH is 2. The Morgan fingerprint density at radius 3 is 2.56 bits per heavy atom. The number of hydrogen-bond acceptors (Lipinski definition) is 4. The Morgan fingerprint density at radius 2 is 2.06 bits per heavy atom. The van der Waals surface area contributed by atoms with Crippen molar-refractivity contribution in [3.05, 3.63) is 28.2 Å². The van der Waals surface area contributed by atoms with E-state index in [1.807, 2.05) is 0 Å². The molecule has 0 saturated heterocycles. The van der Waals surface area contributed by atoms with Crippen molar-refractivity contribution in [1.82, 2.24) is 5.32 Å². The third-order valence-corrected chi connectivity index (χ3v) is 3.41. The second kappa shape index (κ2) is 6.17. The monoisotopic (exact) mass is 316 g/mol. The van der Waals surface area contributed by atoms with Crippen LogP contribution in [0.4, 0.5) is 5.69 Å². The Hall–Kier alpha value is -1.11. The fourth-order valence-electron chi connectivity index (χ4n) is 1.47. The van der Waals surface area contributed by atoms with E-state index in [2.05, 4.69) is 21.2 Å². The maximum absolute atomic E-state index is 12.1. The molecule has 0 aliphatic carbocycles. The second-order valence-electron chi connectivity index (χ2n) is 4.14. The summed E-state index contributed by atoms with van der Waals surface area (Å²) in [5, 5.41) is 21.2. The van der Waals surface area contributed by atoms with Crippen LogP contribution in [0.2, 0.25) is 0 Å². The fraction of sp³-hybridized carbons (Fsp3) is 0.417. The van der Waals surface area contributed by atoms with E-state index in [0.717, 1.165) is 4.47 Å². The van der Waals surface area contributed by atoms with E-state index in [4.69, 9.17) is 5.73 Å². The van der Waals surface area contributed by atoms with Crippen molar-refractivity contribution in [3.8, 4) is 0 Å². The van der Waals surface area contributed by atoms with Gasteiger partial charge >= 0.3 is 0 Å². The highest BCUT2D eigenvalue weighted by atomic mass is 79.9. The third-order valence-electron chi connectivity index (χ3n) is 2.92. The summed E-state index contributed by atoms with van der Waals surface area (Å²) in [6, 6.07) is 4.95. The lowest BCUT2D eigenvalue weighted by atomic mass is 9.97. The Morgan fingerprint density at radius 1 is 1.44 bits per heavy atom. The Labute approximate surface area is 114 Å².